The van der Waals surface area contributed by atoms with Crippen molar-refractivity contribution in [3.8, 4) is 0 Å². The Morgan fingerprint density at radius 3 is 1.55 bits per heavy atom. The van der Waals surface area contributed by atoms with Crippen molar-refractivity contribution in [3.63, 3.8) is 0 Å². The Bertz CT molecular complexity index is 100. The van der Waals surface area contributed by atoms with Crippen LogP contribution >= 0.6 is 0 Å². The number of hydrogen-bond donors (Lipinski definition) is 0. The van der Waals surface area contributed by atoms with Crippen LogP contribution in [0.5, 0.6) is 0 Å². The fraction of sp³-hybridized carbons (Fsp3) is 0.250. The largest absolute Gasteiger partial charge is 3.00 e. The zero-order valence-corrected chi connectivity index (χ0v) is 9.59. The van der Waals surface area contributed by atoms with Gasteiger partial charge in [-0.2, -0.15) is 0 Å². The summed E-state index contributed by atoms with van der Waals surface area (Å²) in [5.74, 6) is -0.347. The predicted molar refractivity (Wildman–Crippen MR) is 46.1 cm³/mol. The van der Waals surface area contributed by atoms with E-state index < -0.39 is 0 Å². The Morgan fingerprint density at radius 2 is 1.55 bits per heavy atom. The molecule has 0 aliphatic rings. The second kappa shape index (κ2) is 16.5. The molecule has 0 aliphatic heterocycles. The van der Waals surface area contributed by atoms with Gasteiger partial charge >= 0.3 is 27.7 Å². The van der Waals surface area contributed by atoms with Gasteiger partial charge < -0.3 is 27.0 Å². The maximum Gasteiger partial charge on any atom is 3.00 e. The number of rotatable bonds is 1. The molecule has 3 heteroatoms. The summed E-state index contributed by atoms with van der Waals surface area (Å²) < 4.78 is 4.27. The number of hydrogen-bond acceptors (Lipinski definition) is 2. The van der Waals surface area contributed by atoms with Crippen molar-refractivity contribution in [2.24, 2.45) is 0 Å². The molecule has 0 rings (SSSR count). The normalized spacial score (nSPS) is 4.91. The molecular formula is C8H17O2Ti. The van der Waals surface area contributed by atoms with Crippen LogP contribution in [0, 0.1) is 22.3 Å². The van der Waals surface area contributed by atoms with E-state index in [0.29, 0.717) is 5.57 Å². The molecule has 0 N–H and O–H groups in total. The van der Waals surface area contributed by atoms with Gasteiger partial charge in [0.2, 0.25) is 0 Å². The summed E-state index contributed by atoms with van der Waals surface area (Å²) >= 11 is 0. The molecule has 1 radical (unpaired) electrons. The first-order chi connectivity index (χ1) is 3.18. The predicted octanol–water partition coefficient (Wildman–Crippen LogP) is 2.08. The number of carbonyl (C=O) groups is 1. The molecule has 0 fully saturated rings. The second-order valence-corrected chi connectivity index (χ2v) is 1.27. The van der Waals surface area contributed by atoms with Gasteiger partial charge in [-0.3, -0.25) is 0 Å². The van der Waals surface area contributed by atoms with E-state index in [9.17, 15) is 4.79 Å². The standard InChI is InChI=1S/C5H8O2.3CH3.Ti/c1-4(2)5(6)7-3;;;;/h1H2,2-3H3;3*1H3;/q;3*-1;+3. The maximum absolute atomic E-state index is 10.2. The molecule has 0 bridgehead atoms. The van der Waals surface area contributed by atoms with E-state index in [0.717, 1.165) is 0 Å². The van der Waals surface area contributed by atoms with Gasteiger partial charge in [0.15, 0.2) is 0 Å². The van der Waals surface area contributed by atoms with Gasteiger partial charge in [0.1, 0.15) is 0 Å². The van der Waals surface area contributed by atoms with Crippen LogP contribution in [0.25, 0.3) is 0 Å². The molecule has 2 nitrogen and oxygen atoms in total. The third-order valence-corrected chi connectivity index (χ3v) is 0.534. The minimum atomic E-state index is -0.347. The summed E-state index contributed by atoms with van der Waals surface area (Å²) in [5, 5.41) is 0. The number of carbonyl (C=O) groups excluding carboxylic acids is 1. The minimum Gasteiger partial charge on any atom is -0.466 e. The Morgan fingerprint density at radius 1 is 1.27 bits per heavy atom. The summed E-state index contributed by atoms with van der Waals surface area (Å²) in [6, 6.07) is 0. The average Bonchev–Trinajstić information content (AvgIpc) is 1.65. The van der Waals surface area contributed by atoms with Crippen LogP contribution in [-0.4, -0.2) is 13.1 Å². The van der Waals surface area contributed by atoms with Crippen LogP contribution in [0.3, 0.4) is 0 Å². The summed E-state index contributed by atoms with van der Waals surface area (Å²) in [7, 11) is 1.33. The molecule has 0 aliphatic carbocycles. The van der Waals surface area contributed by atoms with Crippen LogP contribution in [0.1, 0.15) is 6.92 Å². The van der Waals surface area contributed by atoms with E-state index in [2.05, 4.69) is 11.3 Å². The van der Waals surface area contributed by atoms with Crippen LogP contribution in [0.2, 0.25) is 0 Å². The van der Waals surface area contributed by atoms with E-state index in [4.69, 9.17) is 0 Å². The number of ether oxygens (including phenoxy) is 1. The Labute approximate surface area is 85.9 Å². The van der Waals surface area contributed by atoms with Crippen molar-refractivity contribution in [3.05, 3.63) is 34.4 Å². The second-order valence-electron chi connectivity index (χ2n) is 1.27. The van der Waals surface area contributed by atoms with E-state index >= 15 is 0 Å². The molecule has 0 atom stereocenters. The molecular weight excluding hydrogens is 176 g/mol. The Hall–Kier alpha value is -0.0757. The molecule has 11 heavy (non-hydrogen) atoms. The van der Waals surface area contributed by atoms with Crippen molar-refractivity contribution < 1.29 is 31.2 Å². The van der Waals surface area contributed by atoms with Crippen LogP contribution in [0.4, 0.5) is 0 Å². The summed E-state index contributed by atoms with van der Waals surface area (Å²) in [6.45, 7) is 4.95. The maximum atomic E-state index is 10.2. The third-order valence-electron chi connectivity index (χ3n) is 0.534. The van der Waals surface area contributed by atoms with Crippen LogP contribution in [0.15, 0.2) is 12.2 Å². The first kappa shape index (κ1) is 30.7. The molecule has 0 saturated heterocycles. The minimum absolute atomic E-state index is 0. The Kier molecular flexibility index (Phi) is 45.9. The van der Waals surface area contributed by atoms with Gasteiger partial charge in [-0.05, 0) is 6.92 Å². The monoisotopic (exact) mass is 193 g/mol. The molecule has 0 aromatic carbocycles. The quantitative estimate of drug-likeness (QED) is 0.276. The van der Waals surface area contributed by atoms with E-state index in [1.54, 1.807) is 6.92 Å². The van der Waals surface area contributed by atoms with Crippen molar-refractivity contribution in [1.82, 2.24) is 0 Å². The molecule has 65 valence electrons. The SMILES string of the molecule is C=C(C)C(=O)OC.[CH3-].[CH3-].[CH3-].[Ti+3]. The fourth-order valence-corrected chi connectivity index (χ4v) is 0.174. The van der Waals surface area contributed by atoms with Gasteiger partial charge in [0, 0.05) is 5.57 Å². The van der Waals surface area contributed by atoms with Crippen molar-refractivity contribution >= 4 is 5.97 Å². The number of methoxy groups -OCH3 is 1. The smallest absolute Gasteiger partial charge is 0.466 e. The topological polar surface area (TPSA) is 26.3 Å². The third kappa shape index (κ3) is 17.8. The molecule has 0 unspecified atom stereocenters. The summed E-state index contributed by atoms with van der Waals surface area (Å²) in [5.41, 5.74) is 0.433. The molecule has 0 aromatic rings. The molecule has 0 amide bonds. The van der Waals surface area contributed by atoms with Crippen LogP contribution in [-0.2, 0) is 31.2 Å². The average molecular weight is 193 g/mol. The molecule has 0 aromatic heterocycles. The first-order valence-electron chi connectivity index (χ1n) is 1.92. The van der Waals surface area contributed by atoms with Crippen molar-refractivity contribution in [1.29, 1.82) is 0 Å². The zero-order valence-electron chi connectivity index (χ0n) is 8.02. The zero-order chi connectivity index (χ0) is 5.86. The van der Waals surface area contributed by atoms with Gasteiger partial charge in [0.05, 0.1) is 7.11 Å². The van der Waals surface area contributed by atoms with Gasteiger partial charge in [0.25, 0.3) is 0 Å². The molecule has 0 heterocycles. The summed E-state index contributed by atoms with van der Waals surface area (Å²) in [6.07, 6.45) is 0. The van der Waals surface area contributed by atoms with Gasteiger partial charge in [-0.15, -0.1) is 0 Å². The molecule has 0 spiro atoms. The fourth-order valence-electron chi connectivity index (χ4n) is 0.174. The van der Waals surface area contributed by atoms with E-state index in [-0.39, 0.29) is 50.0 Å². The Balaban J connectivity index is -0.0000000300. The van der Waals surface area contributed by atoms with Crippen molar-refractivity contribution in [2.75, 3.05) is 7.11 Å². The summed E-state index contributed by atoms with van der Waals surface area (Å²) in [4.78, 5) is 10.2. The van der Waals surface area contributed by atoms with E-state index in [1.807, 2.05) is 0 Å². The van der Waals surface area contributed by atoms with Gasteiger partial charge in [-0.1, -0.05) is 6.58 Å². The first-order valence-corrected chi connectivity index (χ1v) is 1.92. The van der Waals surface area contributed by atoms with E-state index in [1.165, 1.54) is 7.11 Å². The van der Waals surface area contributed by atoms with Crippen molar-refractivity contribution in [2.45, 2.75) is 6.92 Å². The van der Waals surface area contributed by atoms with Gasteiger partial charge in [-0.25, -0.2) is 4.79 Å². The molecule has 0 saturated carbocycles. The number of esters is 1. The van der Waals surface area contributed by atoms with Crippen LogP contribution < -0.4 is 0 Å².